The number of carbonyl (C=O) groups is 2. The van der Waals surface area contributed by atoms with Gasteiger partial charge < -0.3 is 14.0 Å². The highest BCUT2D eigenvalue weighted by molar-refractivity contribution is 7.14. The molecule has 0 aliphatic heterocycles. The fourth-order valence-corrected chi connectivity index (χ4v) is 4.56. The van der Waals surface area contributed by atoms with Crippen molar-refractivity contribution in [3.05, 3.63) is 68.7 Å². The molecule has 0 amide bonds. The monoisotopic (exact) mass is 425 g/mol. The zero-order valence-corrected chi connectivity index (χ0v) is 18.9. The average molecular weight is 426 g/mol. The number of thiophene rings is 1. The van der Waals surface area contributed by atoms with Crippen LogP contribution in [0.15, 0.2) is 36.4 Å². The molecule has 0 bridgehead atoms. The second-order valence-electron chi connectivity index (χ2n) is 7.26. The van der Waals surface area contributed by atoms with Crippen LogP contribution in [0.25, 0.3) is 5.69 Å². The minimum atomic E-state index is -0.442. The molecule has 2 aromatic heterocycles. The highest BCUT2D eigenvalue weighted by Gasteiger charge is 2.20. The van der Waals surface area contributed by atoms with Gasteiger partial charge in [-0.3, -0.25) is 4.79 Å². The van der Waals surface area contributed by atoms with Crippen LogP contribution in [-0.4, -0.2) is 30.0 Å². The van der Waals surface area contributed by atoms with E-state index in [0.29, 0.717) is 10.4 Å². The van der Waals surface area contributed by atoms with Gasteiger partial charge in [0.15, 0.2) is 6.61 Å². The molecule has 0 fully saturated rings. The summed E-state index contributed by atoms with van der Waals surface area (Å²) >= 11 is 1.42. The first-order valence-corrected chi connectivity index (χ1v) is 10.8. The Morgan fingerprint density at radius 3 is 2.40 bits per heavy atom. The van der Waals surface area contributed by atoms with Crippen LogP contribution in [0.3, 0.4) is 0 Å². The number of aryl methyl sites for hydroxylation is 3. The Kier molecular flexibility index (Phi) is 6.77. The second kappa shape index (κ2) is 9.30. The van der Waals surface area contributed by atoms with Crippen molar-refractivity contribution in [3.8, 4) is 11.4 Å². The molecular weight excluding hydrogens is 398 g/mol. The number of benzene rings is 1. The zero-order chi connectivity index (χ0) is 21.8. The topological polar surface area (TPSA) is 57.5 Å². The lowest BCUT2D eigenvalue weighted by Gasteiger charge is -2.10. The van der Waals surface area contributed by atoms with Crippen LogP contribution in [-0.2, 0) is 11.2 Å². The molecule has 3 rings (SSSR count). The number of nitrogens with zero attached hydrogens (tertiary/aromatic N) is 1. The van der Waals surface area contributed by atoms with E-state index in [1.807, 2.05) is 61.7 Å². The summed E-state index contributed by atoms with van der Waals surface area (Å²) in [4.78, 5) is 26.8. The summed E-state index contributed by atoms with van der Waals surface area (Å²) in [5.74, 6) is 0.122. The van der Waals surface area contributed by atoms with E-state index in [2.05, 4.69) is 6.92 Å². The van der Waals surface area contributed by atoms with E-state index in [0.717, 1.165) is 40.5 Å². The van der Waals surface area contributed by atoms with Gasteiger partial charge in [0.25, 0.3) is 0 Å². The van der Waals surface area contributed by atoms with Crippen molar-refractivity contribution in [2.45, 2.75) is 40.5 Å². The number of esters is 1. The van der Waals surface area contributed by atoms with Gasteiger partial charge in [0.05, 0.1) is 7.11 Å². The third-order valence-corrected chi connectivity index (χ3v) is 6.21. The molecule has 158 valence electrons. The predicted octanol–water partition coefficient (Wildman–Crippen LogP) is 5.46. The van der Waals surface area contributed by atoms with Crippen molar-refractivity contribution in [1.82, 2.24) is 4.57 Å². The lowest BCUT2D eigenvalue weighted by atomic mass is 10.1. The van der Waals surface area contributed by atoms with Crippen molar-refractivity contribution in [3.63, 3.8) is 0 Å². The van der Waals surface area contributed by atoms with Crippen LogP contribution in [0.2, 0.25) is 0 Å². The van der Waals surface area contributed by atoms with Crippen molar-refractivity contribution >= 4 is 23.1 Å². The molecule has 0 aliphatic carbocycles. The molecule has 0 aliphatic rings. The van der Waals surface area contributed by atoms with E-state index in [1.54, 1.807) is 7.11 Å². The van der Waals surface area contributed by atoms with Gasteiger partial charge in [-0.05, 0) is 69.2 Å². The van der Waals surface area contributed by atoms with Crippen molar-refractivity contribution in [2.75, 3.05) is 13.7 Å². The lowest BCUT2D eigenvalue weighted by Crippen LogP contribution is -2.14. The number of hydrogen-bond acceptors (Lipinski definition) is 5. The maximum atomic E-state index is 12.8. The molecule has 5 nitrogen and oxygen atoms in total. The number of ether oxygens (including phenoxy) is 2. The molecule has 0 saturated heterocycles. The van der Waals surface area contributed by atoms with Crippen LogP contribution >= 0.6 is 11.3 Å². The molecule has 0 atom stereocenters. The summed E-state index contributed by atoms with van der Waals surface area (Å²) in [6, 6.07) is 11.4. The van der Waals surface area contributed by atoms with Gasteiger partial charge >= 0.3 is 5.97 Å². The molecule has 30 heavy (non-hydrogen) atoms. The normalized spacial score (nSPS) is 10.8. The van der Waals surface area contributed by atoms with Gasteiger partial charge in [-0.25, -0.2) is 4.79 Å². The number of Topliss-reactive ketones (excluding diaryl/α,β-unsaturated/α-hetero) is 1. The van der Waals surface area contributed by atoms with E-state index in [9.17, 15) is 9.59 Å². The van der Waals surface area contributed by atoms with Crippen LogP contribution in [0.1, 0.15) is 55.2 Å². The SMILES string of the molecule is CCCc1cc(C(=O)OCC(=O)c2cc(C)n(-c3ccc(OC)cc3)c2C)sc1C. The largest absolute Gasteiger partial charge is 0.497 e. The summed E-state index contributed by atoms with van der Waals surface area (Å²) in [7, 11) is 1.63. The fourth-order valence-electron chi connectivity index (χ4n) is 3.59. The summed E-state index contributed by atoms with van der Waals surface area (Å²) in [5.41, 5.74) is 4.43. The summed E-state index contributed by atoms with van der Waals surface area (Å²) < 4.78 is 12.5. The lowest BCUT2D eigenvalue weighted by molar-refractivity contribution is 0.0479. The van der Waals surface area contributed by atoms with E-state index < -0.39 is 5.97 Å². The summed E-state index contributed by atoms with van der Waals surface area (Å²) in [6.07, 6.45) is 1.96. The van der Waals surface area contributed by atoms with Crippen LogP contribution < -0.4 is 4.74 Å². The molecule has 0 spiro atoms. The third kappa shape index (κ3) is 4.49. The highest BCUT2D eigenvalue weighted by Crippen LogP contribution is 2.25. The Balaban J connectivity index is 1.73. The smallest absolute Gasteiger partial charge is 0.348 e. The highest BCUT2D eigenvalue weighted by atomic mass is 32.1. The minimum Gasteiger partial charge on any atom is -0.497 e. The standard InChI is InChI=1S/C24H27NO4S/c1-6-7-18-13-23(30-17(18)4)24(27)29-14-22(26)21-12-15(2)25(16(21)3)19-8-10-20(28-5)11-9-19/h8-13H,6-7,14H2,1-5H3. The van der Waals surface area contributed by atoms with Crippen LogP contribution in [0.4, 0.5) is 0 Å². The first-order valence-electron chi connectivity index (χ1n) is 9.98. The van der Waals surface area contributed by atoms with Gasteiger partial charge in [0, 0.05) is 27.5 Å². The van der Waals surface area contributed by atoms with Crippen LogP contribution in [0, 0.1) is 20.8 Å². The van der Waals surface area contributed by atoms with Gasteiger partial charge in [-0.2, -0.15) is 0 Å². The molecule has 1 aromatic carbocycles. The molecule has 0 unspecified atom stereocenters. The number of aromatic nitrogens is 1. The first-order chi connectivity index (χ1) is 14.3. The minimum absolute atomic E-state index is 0.210. The third-order valence-electron chi connectivity index (χ3n) is 5.14. The Hall–Kier alpha value is -2.86. The quantitative estimate of drug-likeness (QED) is 0.355. The average Bonchev–Trinajstić information content (AvgIpc) is 3.25. The van der Waals surface area contributed by atoms with Gasteiger partial charge in [-0.15, -0.1) is 11.3 Å². The Bertz CT molecular complexity index is 1060. The summed E-state index contributed by atoms with van der Waals surface area (Å²) in [5, 5.41) is 0. The second-order valence-corrected chi connectivity index (χ2v) is 8.52. The maximum Gasteiger partial charge on any atom is 0.348 e. The van der Waals surface area contributed by atoms with E-state index in [-0.39, 0.29) is 12.4 Å². The van der Waals surface area contributed by atoms with Gasteiger partial charge in [0.1, 0.15) is 10.6 Å². The molecule has 0 N–H and O–H groups in total. The van der Waals surface area contributed by atoms with Crippen molar-refractivity contribution in [2.24, 2.45) is 0 Å². The Morgan fingerprint density at radius 2 is 1.77 bits per heavy atom. The molecule has 6 heteroatoms. The zero-order valence-electron chi connectivity index (χ0n) is 18.1. The number of rotatable bonds is 8. The Labute approximate surface area is 181 Å². The van der Waals surface area contributed by atoms with Gasteiger partial charge in [0.2, 0.25) is 5.78 Å². The number of carbonyl (C=O) groups excluding carboxylic acids is 2. The summed E-state index contributed by atoms with van der Waals surface area (Å²) in [6.45, 7) is 7.68. The first kappa shape index (κ1) is 21.8. The molecule has 2 heterocycles. The number of hydrogen-bond donors (Lipinski definition) is 0. The van der Waals surface area contributed by atoms with Crippen molar-refractivity contribution < 1.29 is 19.1 Å². The predicted molar refractivity (Wildman–Crippen MR) is 119 cm³/mol. The molecular formula is C24H27NO4S. The van der Waals surface area contributed by atoms with Crippen molar-refractivity contribution in [1.29, 1.82) is 0 Å². The molecule has 0 saturated carbocycles. The van der Waals surface area contributed by atoms with Crippen LogP contribution in [0.5, 0.6) is 5.75 Å². The van der Waals surface area contributed by atoms with Gasteiger partial charge in [-0.1, -0.05) is 13.3 Å². The maximum absolute atomic E-state index is 12.8. The molecule has 3 aromatic rings. The van der Waals surface area contributed by atoms with E-state index >= 15 is 0 Å². The molecule has 0 radical (unpaired) electrons. The fraction of sp³-hybridized carbons (Fsp3) is 0.333. The van der Waals surface area contributed by atoms with E-state index in [4.69, 9.17) is 9.47 Å². The Morgan fingerprint density at radius 1 is 1.07 bits per heavy atom. The number of methoxy groups -OCH3 is 1. The number of ketones is 1. The van der Waals surface area contributed by atoms with E-state index in [1.165, 1.54) is 16.9 Å².